The lowest BCUT2D eigenvalue weighted by Gasteiger charge is -2.09. The zero-order chi connectivity index (χ0) is 17.9. The van der Waals surface area contributed by atoms with Crippen LogP contribution in [-0.4, -0.2) is 13.4 Å². The van der Waals surface area contributed by atoms with Gasteiger partial charge in [-0.25, -0.2) is 17.8 Å². The number of halogens is 1. The van der Waals surface area contributed by atoms with Gasteiger partial charge in [0.1, 0.15) is 15.8 Å². The summed E-state index contributed by atoms with van der Waals surface area (Å²) in [6, 6.07) is 13.0. The number of aromatic nitrogens is 1. The number of hydrogen-bond acceptors (Lipinski definition) is 5. The topological polar surface area (TPSA) is 71.1 Å². The highest BCUT2D eigenvalue weighted by Gasteiger charge is 2.16. The molecule has 25 heavy (non-hydrogen) atoms. The van der Waals surface area contributed by atoms with Gasteiger partial charge >= 0.3 is 0 Å². The van der Waals surface area contributed by atoms with Gasteiger partial charge < -0.3 is 5.32 Å². The molecule has 0 spiro atoms. The van der Waals surface area contributed by atoms with Gasteiger partial charge in [-0.1, -0.05) is 18.2 Å². The summed E-state index contributed by atoms with van der Waals surface area (Å²) in [4.78, 5) is 5.07. The molecule has 0 bridgehead atoms. The first-order valence-corrected chi connectivity index (χ1v) is 9.76. The predicted octanol–water partition coefficient (Wildman–Crippen LogP) is 4.00. The SMILES string of the molecule is Cc1ccc(S(=O)(=O)Nc2ccc(NCc3ccccc3F)nc2)s1. The summed E-state index contributed by atoms with van der Waals surface area (Å²) >= 11 is 1.21. The van der Waals surface area contributed by atoms with Crippen LogP contribution >= 0.6 is 11.3 Å². The first kappa shape index (κ1) is 17.4. The number of thiophene rings is 1. The fourth-order valence-corrected chi connectivity index (χ4v) is 4.47. The minimum Gasteiger partial charge on any atom is -0.366 e. The van der Waals surface area contributed by atoms with E-state index < -0.39 is 10.0 Å². The van der Waals surface area contributed by atoms with E-state index in [1.807, 2.05) is 6.92 Å². The van der Waals surface area contributed by atoms with E-state index in [4.69, 9.17) is 0 Å². The molecule has 5 nitrogen and oxygen atoms in total. The molecule has 130 valence electrons. The lowest BCUT2D eigenvalue weighted by molar-refractivity contribution is 0.603. The molecule has 0 amide bonds. The van der Waals surface area contributed by atoms with E-state index in [2.05, 4.69) is 15.0 Å². The molecule has 3 rings (SSSR count). The van der Waals surface area contributed by atoms with Gasteiger partial charge in [0.25, 0.3) is 10.0 Å². The molecule has 0 fully saturated rings. The molecule has 0 saturated carbocycles. The maximum absolute atomic E-state index is 13.6. The summed E-state index contributed by atoms with van der Waals surface area (Å²) in [5.74, 6) is 0.240. The van der Waals surface area contributed by atoms with Gasteiger partial charge in [-0.3, -0.25) is 4.72 Å². The van der Waals surface area contributed by atoms with Crippen LogP contribution in [0.1, 0.15) is 10.4 Å². The monoisotopic (exact) mass is 377 g/mol. The average Bonchev–Trinajstić information content (AvgIpc) is 3.03. The van der Waals surface area contributed by atoms with E-state index in [0.717, 1.165) is 4.88 Å². The maximum atomic E-state index is 13.6. The van der Waals surface area contributed by atoms with Crippen LogP contribution in [0.5, 0.6) is 0 Å². The molecule has 2 heterocycles. The van der Waals surface area contributed by atoms with Gasteiger partial charge in [-0.15, -0.1) is 11.3 Å². The van der Waals surface area contributed by atoms with Gasteiger partial charge in [0.15, 0.2) is 0 Å². The number of hydrogen-bond donors (Lipinski definition) is 2. The number of anilines is 2. The molecule has 0 aliphatic rings. The highest BCUT2D eigenvalue weighted by Crippen LogP contribution is 2.23. The fraction of sp³-hybridized carbons (Fsp3) is 0.118. The Hall–Kier alpha value is -2.45. The van der Waals surface area contributed by atoms with E-state index >= 15 is 0 Å². The summed E-state index contributed by atoms with van der Waals surface area (Å²) in [6.07, 6.45) is 1.42. The summed E-state index contributed by atoms with van der Waals surface area (Å²) in [6.45, 7) is 2.14. The highest BCUT2D eigenvalue weighted by molar-refractivity contribution is 7.94. The van der Waals surface area contributed by atoms with Crippen molar-refractivity contribution in [2.75, 3.05) is 10.0 Å². The highest BCUT2D eigenvalue weighted by atomic mass is 32.2. The van der Waals surface area contributed by atoms with Gasteiger partial charge in [-0.05, 0) is 37.3 Å². The van der Waals surface area contributed by atoms with Crippen molar-refractivity contribution in [2.45, 2.75) is 17.7 Å². The second-order valence-electron chi connectivity index (χ2n) is 5.35. The largest absolute Gasteiger partial charge is 0.366 e. The second kappa shape index (κ2) is 7.20. The van der Waals surface area contributed by atoms with Crippen molar-refractivity contribution in [1.29, 1.82) is 0 Å². The molecular formula is C17H16FN3O2S2. The van der Waals surface area contributed by atoms with Crippen molar-refractivity contribution in [1.82, 2.24) is 4.98 Å². The van der Waals surface area contributed by atoms with E-state index in [0.29, 0.717) is 23.6 Å². The van der Waals surface area contributed by atoms with E-state index in [9.17, 15) is 12.8 Å². The van der Waals surface area contributed by atoms with E-state index in [-0.39, 0.29) is 10.0 Å². The van der Waals surface area contributed by atoms with Crippen molar-refractivity contribution >= 4 is 32.9 Å². The number of nitrogens with zero attached hydrogens (tertiary/aromatic N) is 1. The van der Waals surface area contributed by atoms with E-state index in [1.165, 1.54) is 23.6 Å². The summed E-state index contributed by atoms with van der Waals surface area (Å²) < 4.78 is 40.8. The quantitative estimate of drug-likeness (QED) is 0.681. The van der Waals surface area contributed by atoms with Gasteiger partial charge in [-0.2, -0.15) is 0 Å². The van der Waals surface area contributed by atoms with Crippen molar-refractivity contribution in [3.8, 4) is 0 Å². The normalized spacial score (nSPS) is 11.3. The van der Waals surface area contributed by atoms with Crippen molar-refractivity contribution in [2.24, 2.45) is 0 Å². The molecule has 0 atom stereocenters. The first-order chi connectivity index (χ1) is 11.9. The van der Waals surface area contributed by atoms with Crippen LogP contribution in [0.2, 0.25) is 0 Å². The Kier molecular flexibility index (Phi) is 5.00. The zero-order valence-corrected chi connectivity index (χ0v) is 15.0. The van der Waals surface area contributed by atoms with Crippen LogP contribution < -0.4 is 10.0 Å². The Morgan fingerprint density at radius 1 is 1.12 bits per heavy atom. The number of rotatable bonds is 6. The predicted molar refractivity (Wildman–Crippen MR) is 97.8 cm³/mol. The smallest absolute Gasteiger partial charge is 0.271 e. The molecule has 0 saturated heterocycles. The molecule has 0 aliphatic carbocycles. The Balaban J connectivity index is 1.65. The van der Waals surface area contributed by atoms with Gasteiger partial charge in [0.05, 0.1) is 11.9 Å². The minimum atomic E-state index is -3.61. The average molecular weight is 377 g/mol. The number of pyridine rings is 1. The Morgan fingerprint density at radius 2 is 1.92 bits per heavy atom. The molecule has 0 radical (unpaired) electrons. The number of sulfonamides is 1. The molecule has 0 unspecified atom stereocenters. The third-order valence-electron chi connectivity index (χ3n) is 3.41. The summed E-state index contributed by atoms with van der Waals surface area (Å²) in [7, 11) is -3.61. The van der Waals surface area contributed by atoms with Crippen molar-refractivity contribution < 1.29 is 12.8 Å². The lowest BCUT2D eigenvalue weighted by atomic mass is 10.2. The van der Waals surface area contributed by atoms with Crippen LogP contribution in [0.15, 0.2) is 58.9 Å². The van der Waals surface area contributed by atoms with Gasteiger partial charge in [0.2, 0.25) is 0 Å². The first-order valence-electron chi connectivity index (χ1n) is 7.47. The Bertz CT molecular complexity index is 970. The molecule has 0 aliphatic heterocycles. The third-order valence-corrected chi connectivity index (χ3v) is 6.29. The summed E-state index contributed by atoms with van der Waals surface area (Å²) in [5, 5.41) is 3.00. The standard InChI is InChI=1S/C17H16FN3O2S2/c1-12-6-9-17(24-12)25(22,23)21-14-7-8-16(20-11-14)19-10-13-4-2-3-5-15(13)18/h2-9,11,21H,10H2,1H3,(H,19,20). The molecule has 3 aromatic rings. The fourth-order valence-electron chi connectivity index (χ4n) is 2.15. The zero-order valence-electron chi connectivity index (χ0n) is 13.4. The molecular weight excluding hydrogens is 361 g/mol. The minimum absolute atomic E-state index is 0.256. The lowest BCUT2D eigenvalue weighted by Crippen LogP contribution is -2.12. The number of nitrogens with one attached hydrogen (secondary N) is 2. The van der Waals surface area contributed by atoms with Crippen LogP contribution in [-0.2, 0) is 16.6 Å². The van der Waals surface area contributed by atoms with Crippen molar-refractivity contribution in [3.05, 3.63) is 71.0 Å². The third kappa shape index (κ3) is 4.34. The molecule has 8 heteroatoms. The van der Waals surface area contributed by atoms with E-state index in [1.54, 1.807) is 42.5 Å². The van der Waals surface area contributed by atoms with Crippen LogP contribution in [0.25, 0.3) is 0 Å². The van der Waals surface area contributed by atoms with Crippen molar-refractivity contribution in [3.63, 3.8) is 0 Å². The van der Waals surface area contributed by atoms with Crippen LogP contribution in [0, 0.1) is 12.7 Å². The van der Waals surface area contributed by atoms with Crippen LogP contribution in [0.3, 0.4) is 0 Å². The van der Waals surface area contributed by atoms with Gasteiger partial charge in [0, 0.05) is 17.0 Å². The molecule has 2 N–H and O–H groups in total. The Labute approximate surface area is 149 Å². The molecule has 1 aromatic carbocycles. The number of benzene rings is 1. The second-order valence-corrected chi connectivity index (χ2v) is 8.54. The van der Waals surface area contributed by atoms with Crippen LogP contribution in [0.4, 0.5) is 15.9 Å². The summed E-state index contributed by atoms with van der Waals surface area (Å²) in [5.41, 5.74) is 0.893. The molecule has 2 aromatic heterocycles. The number of aryl methyl sites for hydroxylation is 1. The maximum Gasteiger partial charge on any atom is 0.271 e. The Morgan fingerprint density at radius 3 is 2.56 bits per heavy atom.